The van der Waals surface area contributed by atoms with Crippen molar-refractivity contribution in [2.45, 2.75) is 26.4 Å². The molecular formula is C12H19N5. The number of fused-ring (bicyclic) bond motifs is 1. The van der Waals surface area contributed by atoms with Crippen molar-refractivity contribution in [1.82, 2.24) is 20.6 Å². The van der Waals surface area contributed by atoms with Crippen LogP contribution in [0.1, 0.15) is 24.0 Å². The van der Waals surface area contributed by atoms with Gasteiger partial charge in [-0.15, -0.1) is 0 Å². The zero-order valence-electron chi connectivity index (χ0n) is 10.3. The van der Waals surface area contributed by atoms with E-state index in [2.05, 4.69) is 27.4 Å². The summed E-state index contributed by atoms with van der Waals surface area (Å²) in [5.74, 6) is 2.14. The van der Waals surface area contributed by atoms with E-state index in [1.165, 1.54) is 17.1 Å². The highest BCUT2D eigenvalue weighted by atomic mass is 15.2. The van der Waals surface area contributed by atoms with Gasteiger partial charge in [0.25, 0.3) is 0 Å². The molecule has 0 aromatic carbocycles. The van der Waals surface area contributed by atoms with Crippen molar-refractivity contribution in [1.29, 1.82) is 0 Å². The molecule has 0 saturated carbocycles. The Morgan fingerprint density at radius 2 is 1.94 bits per heavy atom. The zero-order valence-corrected chi connectivity index (χ0v) is 10.3. The minimum absolute atomic E-state index is 0.893. The van der Waals surface area contributed by atoms with Crippen molar-refractivity contribution in [3.63, 3.8) is 0 Å². The van der Waals surface area contributed by atoms with Crippen molar-refractivity contribution in [2.75, 3.05) is 31.1 Å². The Labute approximate surface area is 102 Å². The molecule has 92 valence electrons. The first kappa shape index (κ1) is 10.9. The van der Waals surface area contributed by atoms with Gasteiger partial charge in [0, 0.05) is 51.3 Å². The number of aromatic nitrogens is 2. The molecule has 5 heteroatoms. The second-order valence-electron chi connectivity index (χ2n) is 4.58. The van der Waals surface area contributed by atoms with Crippen molar-refractivity contribution >= 4 is 5.82 Å². The second kappa shape index (κ2) is 4.58. The van der Waals surface area contributed by atoms with Crippen LogP contribution in [0, 0.1) is 0 Å². The minimum atomic E-state index is 0.893. The topological polar surface area (TPSA) is 53.1 Å². The third-order valence-electron chi connectivity index (χ3n) is 3.44. The van der Waals surface area contributed by atoms with Crippen LogP contribution in [0.4, 0.5) is 5.82 Å². The van der Waals surface area contributed by atoms with Crippen molar-refractivity contribution in [3.05, 3.63) is 17.1 Å². The van der Waals surface area contributed by atoms with E-state index in [4.69, 9.17) is 4.98 Å². The van der Waals surface area contributed by atoms with Crippen molar-refractivity contribution < 1.29 is 0 Å². The summed E-state index contributed by atoms with van der Waals surface area (Å²) in [7, 11) is 0. The van der Waals surface area contributed by atoms with Gasteiger partial charge in [0.05, 0.1) is 5.69 Å². The fourth-order valence-electron chi connectivity index (χ4n) is 2.50. The second-order valence-corrected chi connectivity index (χ2v) is 4.58. The lowest BCUT2D eigenvalue weighted by Gasteiger charge is -2.30. The Morgan fingerprint density at radius 3 is 2.71 bits per heavy atom. The fraction of sp³-hybridized carbons (Fsp3) is 0.667. The molecule has 0 atom stereocenters. The molecule has 2 N–H and O–H groups in total. The Hall–Kier alpha value is -1.20. The van der Waals surface area contributed by atoms with E-state index >= 15 is 0 Å². The molecule has 0 bridgehead atoms. The number of rotatable bonds is 2. The molecule has 1 aromatic rings. The standard InChI is InChI=1S/C12H19N5/c1-2-11-15-10-8-14-7-9(10)12(16-11)17-5-3-13-4-6-17/h13-14H,2-8H2,1H3. The van der Waals surface area contributed by atoms with E-state index in [0.29, 0.717) is 0 Å². The van der Waals surface area contributed by atoms with Crippen LogP contribution < -0.4 is 15.5 Å². The van der Waals surface area contributed by atoms with Crippen LogP contribution in [-0.4, -0.2) is 36.1 Å². The molecule has 0 amide bonds. The lowest BCUT2D eigenvalue weighted by atomic mass is 10.2. The van der Waals surface area contributed by atoms with E-state index in [0.717, 1.165) is 51.5 Å². The Bertz CT molecular complexity index is 412. The number of anilines is 1. The molecule has 0 radical (unpaired) electrons. The van der Waals surface area contributed by atoms with Crippen LogP contribution in [-0.2, 0) is 19.5 Å². The van der Waals surface area contributed by atoms with E-state index < -0.39 is 0 Å². The lowest BCUT2D eigenvalue weighted by Crippen LogP contribution is -2.44. The molecule has 0 unspecified atom stereocenters. The molecule has 17 heavy (non-hydrogen) atoms. The summed E-state index contributed by atoms with van der Waals surface area (Å²) in [4.78, 5) is 11.7. The molecule has 3 rings (SSSR count). The number of hydrogen-bond donors (Lipinski definition) is 2. The molecule has 1 saturated heterocycles. The van der Waals surface area contributed by atoms with Gasteiger partial charge in [-0.3, -0.25) is 0 Å². The van der Waals surface area contributed by atoms with Gasteiger partial charge in [-0.1, -0.05) is 6.92 Å². The van der Waals surface area contributed by atoms with Gasteiger partial charge in [0.1, 0.15) is 11.6 Å². The van der Waals surface area contributed by atoms with Gasteiger partial charge < -0.3 is 15.5 Å². The lowest BCUT2D eigenvalue weighted by molar-refractivity contribution is 0.581. The Morgan fingerprint density at radius 1 is 1.12 bits per heavy atom. The van der Waals surface area contributed by atoms with E-state index in [1.807, 2.05) is 0 Å². The molecule has 5 nitrogen and oxygen atoms in total. The zero-order chi connectivity index (χ0) is 11.7. The highest BCUT2D eigenvalue weighted by molar-refractivity contribution is 5.51. The van der Waals surface area contributed by atoms with E-state index in [9.17, 15) is 0 Å². The first-order valence-electron chi connectivity index (χ1n) is 6.43. The van der Waals surface area contributed by atoms with Crippen LogP contribution in [0.3, 0.4) is 0 Å². The van der Waals surface area contributed by atoms with Crippen molar-refractivity contribution in [2.24, 2.45) is 0 Å². The summed E-state index contributed by atoms with van der Waals surface area (Å²) < 4.78 is 0. The maximum atomic E-state index is 4.73. The van der Waals surface area contributed by atoms with Gasteiger partial charge in [0.2, 0.25) is 0 Å². The predicted molar refractivity (Wildman–Crippen MR) is 67.0 cm³/mol. The number of piperazine rings is 1. The largest absolute Gasteiger partial charge is 0.354 e. The van der Waals surface area contributed by atoms with Crippen LogP contribution in [0.25, 0.3) is 0 Å². The summed E-state index contributed by atoms with van der Waals surface area (Å²) in [5, 5.41) is 6.75. The van der Waals surface area contributed by atoms with Crippen molar-refractivity contribution in [3.8, 4) is 0 Å². The van der Waals surface area contributed by atoms with Crippen LogP contribution >= 0.6 is 0 Å². The quantitative estimate of drug-likeness (QED) is 0.756. The van der Waals surface area contributed by atoms with Crippen LogP contribution in [0.15, 0.2) is 0 Å². The molecule has 1 fully saturated rings. The van der Waals surface area contributed by atoms with Gasteiger partial charge in [-0.05, 0) is 0 Å². The molecular weight excluding hydrogens is 214 g/mol. The summed E-state index contributed by atoms with van der Waals surface area (Å²) in [6.07, 6.45) is 0.909. The first-order valence-corrected chi connectivity index (χ1v) is 6.43. The van der Waals surface area contributed by atoms with Gasteiger partial charge in [-0.25, -0.2) is 9.97 Å². The monoisotopic (exact) mass is 233 g/mol. The van der Waals surface area contributed by atoms with Gasteiger partial charge in [-0.2, -0.15) is 0 Å². The smallest absolute Gasteiger partial charge is 0.137 e. The third-order valence-corrected chi connectivity index (χ3v) is 3.44. The van der Waals surface area contributed by atoms with Gasteiger partial charge >= 0.3 is 0 Å². The number of nitrogens with one attached hydrogen (secondary N) is 2. The number of hydrogen-bond acceptors (Lipinski definition) is 5. The SMILES string of the molecule is CCc1nc2c(c(N3CCNCC3)n1)CNC2. The minimum Gasteiger partial charge on any atom is -0.354 e. The number of nitrogens with zero attached hydrogens (tertiary/aromatic N) is 3. The first-order chi connectivity index (χ1) is 8.38. The summed E-state index contributed by atoms with van der Waals surface area (Å²) >= 11 is 0. The fourth-order valence-corrected chi connectivity index (χ4v) is 2.50. The van der Waals surface area contributed by atoms with E-state index in [-0.39, 0.29) is 0 Å². The molecule has 2 aliphatic rings. The van der Waals surface area contributed by atoms with Crippen LogP contribution in [0.2, 0.25) is 0 Å². The average Bonchev–Trinajstić information content (AvgIpc) is 2.86. The summed E-state index contributed by atoms with van der Waals surface area (Å²) in [6, 6.07) is 0. The molecule has 0 aliphatic carbocycles. The maximum absolute atomic E-state index is 4.73. The normalized spacial score (nSPS) is 19.5. The number of aryl methyl sites for hydroxylation is 1. The third kappa shape index (κ3) is 2.00. The average molecular weight is 233 g/mol. The molecule has 2 aliphatic heterocycles. The molecule has 1 aromatic heterocycles. The van der Waals surface area contributed by atoms with E-state index in [1.54, 1.807) is 0 Å². The molecule has 0 spiro atoms. The summed E-state index contributed by atoms with van der Waals surface area (Å²) in [6.45, 7) is 8.12. The highest BCUT2D eigenvalue weighted by Crippen LogP contribution is 2.25. The van der Waals surface area contributed by atoms with Gasteiger partial charge in [0.15, 0.2) is 0 Å². The summed E-state index contributed by atoms with van der Waals surface area (Å²) in [5.41, 5.74) is 2.51. The maximum Gasteiger partial charge on any atom is 0.137 e. The predicted octanol–water partition coefficient (Wildman–Crippen LogP) is 0.0518. The Kier molecular flexibility index (Phi) is 2.94. The Balaban J connectivity index is 1.98. The van der Waals surface area contributed by atoms with Crippen LogP contribution in [0.5, 0.6) is 0 Å². The highest BCUT2D eigenvalue weighted by Gasteiger charge is 2.23. The molecule has 3 heterocycles.